The minimum Gasteiger partial charge on any atom is -0.490 e. The lowest BCUT2D eigenvalue weighted by atomic mass is 9.41. The molecule has 5 unspecified atom stereocenters. The number of fused-ring (bicyclic) bond motifs is 3. The number of carbonyl (C=O) groups excluding carboxylic acids is 1. The van der Waals surface area contributed by atoms with Crippen LogP contribution in [0.1, 0.15) is 58.8 Å². The molecule has 222 valence electrons. The van der Waals surface area contributed by atoms with Gasteiger partial charge in [-0.2, -0.15) is 0 Å². The molecular weight excluding hydrogens is 520 g/mol. The van der Waals surface area contributed by atoms with Crippen molar-refractivity contribution in [2.75, 3.05) is 13.2 Å². The van der Waals surface area contributed by atoms with Gasteiger partial charge in [0.15, 0.2) is 12.1 Å². The van der Waals surface area contributed by atoms with Crippen molar-refractivity contribution in [3.8, 4) is 0 Å². The fourth-order valence-electron chi connectivity index (χ4n) is 10.1. The lowest BCUT2D eigenvalue weighted by Gasteiger charge is -2.62. The van der Waals surface area contributed by atoms with Gasteiger partial charge in [0.05, 0.1) is 30.8 Å². The summed E-state index contributed by atoms with van der Waals surface area (Å²) in [5.74, 6) is -0.435. The molecule has 4 aliphatic carbocycles. The normalized spacial score (nSPS) is 56.9. The molecule has 7 aliphatic rings. The first-order chi connectivity index (χ1) is 18.9. The number of carbonyl (C=O) groups is 1. The Morgan fingerprint density at radius 3 is 2.60 bits per heavy atom. The van der Waals surface area contributed by atoms with E-state index in [2.05, 4.69) is 13.5 Å². The second-order valence-electron chi connectivity index (χ2n) is 13.9. The number of allylic oxidation sites excluding steroid dienone is 1. The van der Waals surface area contributed by atoms with Gasteiger partial charge in [0, 0.05) is 11.8 Å². The number of aliphatic hydroxyl groups excluding tert-OH is 4. The Morgan fingerprint density at radius 1 is 1.12 bits per heavy atom. The molecule has 0 radical (unpaired) electrons. The van der Waals surface area contributed by atoms with Crippen LogP contribution in [0.5, 0.6) is 0 Å². The molecule has 10 nitrogen and oxygen atoms in total. The van der Waals surface area contributed by atoms with Crippen LogP contribution in [0.4, 0.5) is 0 Å². The van der Waals surface area contributed by atoms with Crippen molar-refractivity contribution in [3.63, 3.8) is 0 Å². The van der Waals surface area contributed by atoms with Crippen LogP contribution in [0.15, 0.2) is 24.0 Å². The van der Waals surface area contributed by atoms with Crippen LogP contribution < -0.4 is 0 Å². The van der Waals surface area contributed by atoms with Crippen LogP contribution in [-0.2, 0) is 23.7 Å². The van der Waals surface area contributed by atoms with Crippen molar-refractivity contribution in [2.24, 2.45) is 28.6 Å². The molecular formula is C30H42O10. The maximum Gasteiger partial charge on any atom is 0.168 e. The second-order valence-corrected chi connectivity index (χ2v) is 13.9. The van der Waals surface area contributed by atoms with Crippen LogP contribution in [0.25, 0.3) is 0 Å². The third-order valence-corrected chi connectivity index (χ3v) is 12.3. The predicted molar refractivity (Wildman–Crippen MR) is 138 cm³/mol. The van der Waals surface area contributed by atoms with Crippen molar-refractivity contribution in [3.05, 3.63) is 24.0 Å². The Morgan fingerprint density at radius 2 is 1.90 bits per heavy atom. The Hall–Kier alpha value is -1.37. The number of rotatable bonds is 4. The van der Waals surface area contributed by atoms with Gasteiger partial charge in [-0.15, -0.1) is 0 Å². The highest BCUT2D eigenvalue weighted by Crippen LogP contribution is 2.76. The number of aliphatic hydroxyl groups is 5. The average molecular weight is 563 g/mol. The summed E-state index contributed by atoms with van der Waals surface area (Å²) >= 11 is 0. The summed E-state index contributed by atoms with van der Waals surface area (Å²) in [6, 6.07) is 0. The van der Waals surface area contributed by atoms with E-state index in [1.54, 1.807) is 0 Å². The topological polar surface area (TPSA) is 158 Å². The third-order valence-electron chi connectivity index (χ3n) is 12.3. The Labute approximate surface area is 233 Å². The smallest absolute Gasteiger partial charge is 0.168 e. The number of epoxide rings is 1. The fraction of sp³-hybridized carbons (Fsp3) is 0.833. The van der Waals surface area contributed by atoms with E-state index in [0.717, 1.165) is 5.57 Å². The highest BCUT2D eigenvalue weighted by molar-refractivity contribution is 5.91. The van der Waals surface area contributed by atoms with Crippen molar-refractivity contribution >= 4 is 5.78 Å². The van der Waals surface area contributed by atoms with Gasteiger partial charge in [-0.05, 0) is 67.4 Å². The van der Waals surface area contributed by atoms with Crippen molar-refractivity contribution in [1.82, 2.24) is 0 Å². The highest BCUT2D eigenvalue weighted by atomic mass is 16.7. The van der Waals surface area contributed by atoms with E-state index >= 15 is 0 Å². The van der Waals surface area contributed by atoms with Gasteiger partial charge in [-0.1, -0.05) is 20.4 Å². The number of ketones is 1. The largest absolute Gasteiger partial charge is 0.490 e. The Balaban J connectivity index is 1.14. The first-order valence-electron chi connectivity index (χ1n) is 14.8. The summed E-state index contributed by atoms with van der Waals surface area (Å²) in [5, 5.41) is 54.1. The zero-order valence-corrected chi connectivity index (χ0v) is 23.2. The van der Waals surface area contributed by atoms with Crippen molar-refractivity contribution < 1.29 is 49.3 Å². The molecule has 3 heterocycles. The minimum atomic E-state index is -1.36. The average Bonchev–Trinajstić information content (AvgIpc) is 3.36. The molecule has 6 fully saturated rings. The van der Waals surface area contributed by atoms with Crippen LogP contribution in [0.3, 0.4) is 0 Å². The molecule has 10 heteroatoms. The van der Waals surface area contributed by atoms with Gasteiger partial charge in [-0.3, -0.25) is 4.79 Å². The molecule has 2 saturated heterocycles. The molecule has 4 saturated carbocycles. The molecule has 3 aliphatic heterocycles. The summed E-state index contributed by atoms with van der Waals surface area (Å²) < 4.78 is 24.0. The van der Waals surface area contributed by atoms with Gasteiger partial charge in [0.2, 0.25) is 0 Å². The van der Waals surface area contributed by atoms with Gasteiger partial charge < -0.3 is 44.5 Å². The van der Waals surface area contributed by atoms with Gasteiger partial charge in [0.25, 0.3) is 0 Å². The number of ether oxygens (including phenoxy) is 4. The van der Waals surface area contributed by atoms with Crippen molar-refractivity contribution in [2.45, 2.75) is 113 Å². The SMILES string of the molecule is C=C1C=C([C@H]2CC[C@]3(O)[C@]45O[C@H]4C[C@@H]4C[C@@H](OC6CC(O)C(O)C(CO)O6)CC[C@]4(C)[C@H]5C(=O)C(O)[C@]23C)CO1. The molecule has 0 aromatic heterocycles. The quantitative estimate of drug-likeness (QED) is 0.244. The van der Waals surface area contributed by atoms with Gasteiger partial charge in [-0.25, -0.2) is 0 Å². The van der Waals surface area contributed by atoms with Crippen LogP contribution in [0.2, 0.25) is 0 Å². The summed E-state index contributed by atoms with van der Waals surface area (Å²) in [6.07, 6.45) is 0.0475. The second kappa shape index (κ2) is 8.83. The van der Waals surface area contributed by atoms with Crippen molar-refractivity contribution in [1.29, 1.82) is 0 Å². The lowest BCUT2D eigenvalue weighted by molar-refractivity contribution is -0.277. The fourth-order valence-corrected chi connectivity index (χ4v) is 10.1. The maximum atomic E-state index is 14.3. The van der Waals surface area contributed by atoms with Crippen LogP contribution >= 0.6 is 0 Å². The molecule has 7 rings (SSSR count). The molecule has 14 atom stereocenters. The van der Waals surface area contributed by atoms with E-state index < -0.39 is 65.3 Å². The monoisotopic (exact) mass is 562 g/mol. The number of hydrogen-bond donors (Lipinski definition) is 5. The Kier molecular flexibility index (Phi) is 6.06. The maximum absolute atomic E-state index is 14.3. The van der Waals surface area contributed by atoms with E-state index in [1.807, 2.05) is 13.0 Å². The molecule has 0 amide bonds. The first kappa shape index (κ1) is 27.5. The van der Waals surface area contributed by atoms with Gasteiger partial charge >= 0.3 is 0 Å². The highest BCUT2D eigenvalue weighted by Gasteiger charge is 2.88. The Bertz CT molecular complexity index is 1140. The third kappa shape index (κ3) is 3.30. The molecule has 5 N–H and O–H groups in total. The number of hydrogen-bond acceptors (Lipinski definition) is 10. The number of Topliss-reactive ketones (excluding diaryl/α,β-unsaturated/α-hetero) is 1. The standard InChI is InChI=1S/C30H42O10/c1-14-8-15(13-37-14)18-5-7-29(36)28(18,3)26(35)24(34)25-27(2)6-4-17(9-16(27)10-21-30(25,29)40-21)38-22-11-19(32)23(33)20(12-31)39-22/h8,16-23,25-26,31-33,35-36H,1,4-7,9-13H2,2-3H3/t16-,17-,18+,19?,20?,21-,22?,23?,25+,26?,27-,28-,29+,30-/m0/s1. The van der Waals surface area contributed by atoms with E-state index in [0.29, 0.717) is 50.9 Å². The molecule has 0 bridgehead atoms. The van der Waals surface area contributed by atoms with Crippen LogP contribution in [0, 0.1) is 28.6 Å². The minimum absolute atomic E-state index is 0.0696. The zero-order valence-electron chi connectivity index (χ0n) is 23.2. The van der Waals surface area contributed by atoms with Gasteiger partial charge in [0.1, 0.15) is 41.9 Å². The molecule has 40 heavy (non-hydrogen) atoms. The van der Waals surface area contributed by atoms with E-state index in [-0.39, 0.29) is 36.2 Å². The zero-order chi connectivity index (χ0) is 28.4. The molecule has 1 spiro atoms. The molecule has 0 aromatic rings. The van der Waals surface area contributed by atoms with Crippen LogP contribution in [-0.4, -0.2) is 98.6 Å². The van der Waals surface area contributed by atoms with E-state index in [1.165, 1.54) is 0 Å². The first-order valence-corrected chi connectivity index (χ1v) is 14.8. The lowest BCUT2D eigenvalue weighted by Crippen LogP contribution is -2.75. The summed E-state index contributed by atoms with van der Waals surface area (Å²) in [5.41, 5.74) is -2.98. The molecule has 0 aromatic carbocycles. The summed E-state index contributed by atoms with van der Waals surface area (Å²) in [6.45, 7) is 7.79. The summed E-state index contributed by atoms with van der Waals surface area (Å²) in [7, 11) is 0. The summed E-state index contributed by atoms with van der Waals surface area (Å²) in [4.78, 5) is 14.3. The van der Waals surface area contributed by atoms with E-state index in [4.69, 9.17) is 18.9 Å². The van der Waals surface area contributed by atoms with E-state index in [9.17, 15) is 30.3 Å². The predicted octanol–water partition coefficient (Wildman–Crippen LogP) is 0.726.